The molecule has 0 bridgehead atoms. The van der Waals surface area contributed by atoms with E-state index < -0.39 is 17.7 Å². The van der Waals surface area contributed by atoms with Crippen LogP contribution in [-0.2, 0) is 22.4 Å². The highest BCUT2D eigenvalue weighted by Gasteiger charge is 2.47. The molecule has 1 aliphatic carbocycles. The molecule has 4 aromatic rings. The van der Waals surface area contributed by atoms with Gasteiger partial charge in [0.2, 0.25) is 0 Å². The number of aliphatic hydroxyl groups excluding tert-OH is 1. The number of fused-ring (bicyclic) bond motifs is 2. The Morgan fingerprint density at radius 3 is 2.51 bits per heavy atom. The fourth-order valence-corrected chi connectivity index (χ4v) is 5.82. The molecule has 1 aliphatic heterocycles. The number of anilines is 1. The first kappa shape index (κ1) is 24.7. The van der Waals surface area contributed by atoms with Crippen molar-refractivity contribution in [3.8, 4) is 11.5 Å². The van der Waals surface area contributed by atoms with Gasteiger partial charge in [-0.15, -0.1) is 0 Å². The monoisotopic (exact) mass is 519 g/mol. The number of Topliss-reactive ketones (excluding diaryl/α,β-unsaturated/α-hetero) is 1. The quantitative estimate of drug-likeness (QED) is 0.180. The highest BCUT2D eigenvalue weighted by Crippen LogP contribution is 2.45. The predicted molar refractivity (Wildman–Crippen MR) is 151 cm³/mol. The Bertz CT molecular complexity index is 1650. The Balaban J connectivity index is 1.59. The summed E-state index contributed by atoms with van der Waals surface area (Å²) in [5.74, 6) is -1.48. The molecule has 1 atom stereocenters. The van der Waals surface area contributed by atoms with Gasteiger partial charge >= 0.3 is 0 Å². The highest BCUT2D eigenvalue weighted by atomic mass is 16.5. The van der Waals surface area contributed by atoms with E-state index in [2.05, 4.69) is 0 Å². The first-order valence-corrected chi connectivity index (χ1v) is 13.3. The molecule has 1 saturated heterocycles. The Hall–Kier alpha value is -4.58. The van der Waals surface area contributed by atoms with Crippen molar-refractivity contribution in [3.63, 3.8) is 0 Å². The van der Waals surface area contributed by atoms with Crippen LogP contribution >= 0.6 is 0 Å². The van der Waals surface area contributed by atoms with Gasteiger partial charge in [0.05, 0.1) is 23.9 Å². The lowest BCUT2D eigenvalue weighted by atomic mass is 9.88. The molecule has 0 spiro atoms. The molecular weight excluding hydrogens is 490 g/mol. The average Bonchev–Trinajstić information content (AvgIpc) is 3.23. The van der Waals surface area contributed by atoms with Crippen LogP contribution in [0.4, 0.5) is 5.69 Å². The van der Waals surface area contributed by atoms with E-state index in [-0.39, 0.29) is 22.8 Å². The number of carbonyl (C=O) groups excluding carboxylic acids is 2. The van der Waals surface area contributed by atoms with Crippen molar-refractivity contribution < 1.29 is 24.5 Å². The topological polar surface area (TPSA) is 87.1 Å². The minimum Gasteiger partial charge on any atom is -0.507 e. The van der Waals surface area contributed by atoms with Crippen LogP contribution in [0.3, 0.4) is 0 Å². The van der Waals surface area contributed by atoms with Gasteiger partial charge < -0.3 is 14.9 Å². The van der Waals surface area contributed by atoms with E-state index in [4.69, 9.17) is 4.74 Å². The summed E-state index contributed by atoms with van der Waals surface area (Å²) in [6.07, 6.45) is 4.13. The second-order valence-corrected chi connectivity index (χ2v) is 10.0. The fraction of sp³-hybridized carbons (Fsp3) is 0.212. The molecule has 196 valence electrons. The lowest BCUT2D eigenvalue weighted by Gasteiger charge is -2.27. The number of carbonyl (C=O) groups is 2. The van der Waals surface area contributed by atoms with E-state index in [1.165, 1.54) is 16.5 Å². The molecule has 0 saturated carbocycles. The number of aromatic hydroxyl groups is 1. The van der Waals surface area contributed by atoms with Crippen LogP contribution in [0.25, 0.3) is 16.5 Å². The van der Waals surface area contributed by atoms with Crippen molar-refractivity contribution in [1.29, 1.82) is 0 Å². The summed E-state index contributed by atoms with van der Waals surface area (Å²) in [5, 5.41) is 23.7. The summed E-state index contributed by atoms with van der Waals surface area (Å²) in [5.41, 5.74) is 4.05. The lowest BCUT2D eigenvalue weighted by Crippen LogP contribution is -2.29. The summed E-state index contributed by atoms with van der Waals surface area (Å²) < 4.78 is 5.63. The normalized spacial score (nSPS) is 18.4. The molecule has 4 aromatic carbocycles. The van der Waals surface area contributed by atoms with Crippen molar-refractivity contribution in [2.75, 3.05) is 11.5 Å². The van der Waals surface area contributed by atoms with Gasteiger partial charge in [0.1, 0.15) is 5.76 Å². The van der Waals surface area contributed by atoms with E-state index >= 15 is 0 Å². The number of aliphatic hydroxyl groups is 1. The molecule has 6 nitrogen and oxygen atoms in total. The molecule has 1 amide bonds. The second-order valence-electron chi connectivity index (χ2n) is 10.0. The smallest absolute Gasteiger partial charge is 0.300 e. The van der Waals surface area contributed by atoms with E-state index in [9.17, 15) is 19.8 Å². The molecule has 6 rings (SSSR count). The number of phenols is 1. The minimum atomic E-state index is -0.924. The molecular formula is C33H29NO5. The number of nitrogens with zero attached hydrogens (tertiary/aromatic N) is 1. The van der Waals surface area contributed by atoms with Gasteiger partial charge in [-0.2, -0.15) is 0 Å². The van der Waals surface area contributed by atoms with Crippen molar-refractivity contribution in [2.24, 2.45) is 0 Å². The fourth-order valence-electron chi connectivity index (χ4n) is 5.82. The Morgan fingerprint density at radius 1 is 0.923 bits per heavy atom. The van der Waals surface area contributed by atoms with Crippen molar-refractivity contribution in [3.05, 3.63) is 107 Å². The zero-order valence-electron chi connectivity index (χ0n) is 21.7. The van der Waals surface area contributed by atoms with Crippen LogP contribution in [0.15, 0.2) is 84.4 Å². The third kappa shape index (κ3) is 4.22. The number of ketones is 1. The van der Waals surface area contributed by atoms with Crippen LogP contribution in [0.2, 0.25) is 0 Å². The lowest BCUT2D eigenvalue weighted by molar-refractivity contribution is -0.132. The summed E-state index contributed by atoms with van der Waals surface area (Å²) in [7, 11) is 0. The number of aryl methyl sites for hydroxylation is 2. The molecule has 1 unspecified atom stereocenters. The van der Waals surface area contributed by atoms with Gasteiger partial charge in [-0.3, -0.25) is 14.5 Å². The number of phenolic OH excluding ortho intramolecular Hbond substituents is 1. The van der Waals surface area contributed by atoms with Crippen molar-refractivity contribution in [2.45, 2.75) is 38.6 Å². The molecule has 6 heteroatoms. The predicted octanol–water partition coefficient (Wildman–Crippen LogP) is 6.45. The molecule has 0 aromatic heterocycles. The molecule has 1 fully saturated rings. The van der Waals surface area contributed by atoms with E-state index in [0.717, 1.165) is 42.0 Å². The zero-order chi connectivity index (χ0) is 27.1. The van der Waals surface area contributed by atoms with E-state index in [1.54, 1.807) is 12.1 Å². The largest absolute Gasteiger partial charge is 0.507 e. The Labute approximate surface area is 226 Å². The number of ether oxygens (including phenoxy) is 1. The van der Waals surface area contributed by atoms with E-state index in [0.29, 0.717) is 23.4 Å². The molecule has 2 aliphatic rings. The SMILES string of the molecule is CCOc1cc(C2/C(=C(\O)c3ccc4c(c3)CCCC4)C(=O)C(=O)N2c2cccc3ccccc23)ccc1O. The first-order valence-electron chi connectivity index (χ1n) is 13.3. The molecule has 0 radical (unpaired) electrons. The van der Waals surface area contributed by atoms with Crippen LogP contribution in [0.1, 0.15) is 48.1 Å². The summed E-state index contributed by atoms with van der Waals surface area (Å²) in [6, 6.07) is 22.9. The number of benzene rings is 4. The number of hydrogen-bond donors (Lipinski definition) is 2. The maximum atomic E-state index is 13.7. The number of amides is 1. The van der Waals surface area contributed by atoms with Gasteiger partial charge in [0.25, 0.3) is 11.7 Å². The third-order valence-electron chi connectivity index (χ3n) is 7.69. The minimum absolute atomic E-state index is 0.0110. The molecule has 39 heavy (non-hydrogen) atoms. The molecule has 2 N–H and O–H groups in total. The first-order chi connectivity index (χ1) is 19.0. The maximum absolute atomic E-state index is 13.7. The third-order valence-corrected chi connectivity index (χ3v) is 7.69. The maximum Gasteiger partial charge on any atom is 0.300 e. The average molecular weight is 520 g/mol. The molecule has 1 heterocycles. The van der Waals surface area contributed by atoms with Crippen molar-refractivity contribution in [1.82, 2.24) is 0 Å². The van der Waals surface area contributed by atoms with E-state index in [1.807, 2.05) is 67.6 Å². The zero-order valence-corrected chi connectivity index (χ0v) is 21.7. The van der Waals surface area contributed by atoms with Gasteiger partial charge in [-0.1, -0.05) is 54.6 Å². The van der Waals surface area contributed by atoms with Crippen LogP contribution < -0.4 is 9.64 Å². The van der Waals surface area contributed by atoms with Gasteiger partial charge in [-0.05, 0) is 78.9 Å². The van der Waals surface area contributed by atoms with Crippen LogP contribution in [0, 0.1) is 0 Å². The number of rotatable bonds is 5. The summed E-state index contributed by atoms with van der Waals surface area (Å²) in [4.78, 5) is 28.9. The second kappa shape index (κ2) is 9.95. The van der Waals surface area contributed by atoms with Gasteiger partial charge in [-0.25, -0.2) is 0 Å². The summed E-state index contributed by atoms with van der Waals surface area (Å²) in [6.45, 7) is 2.14. The van der Waals surface area contributed by atoms with Crippen molar-refractivity contribution >= 4 is 33.9 Å². The highest BCUT2D eigenvalue weighted by molar-refractivity contribution is 6.52. The van der Waals surface area contributed by atoms with Crippen LogP contribution in [-0.4, -0.2) is 28.5 Å². The van der Waals surface area contributed by atoms with Gasteiger partial charge in [0.15, 0.2) is 11.5 Å². The summed E-state index contributed by atoms with van der Waals surface area (Å²) >= 11 is 0. The standard InChI is InChI=1S/C33H29NO5/c1-2-39-28-19-23(16-17-27(28)35)30-29(31(36)24-15-14-20-8-3-4-10-22(20)18-24)32(37)33(38)34(30)26-13-7-11-21-9-5-6-12-25(21)26/h5-7,9,11-19,30,35-36H,2-4,8,10H2,1H3/b31-29+. The van der Waals surface area contributed by atoms with Crippen LogP contribution in [0.5, 0.6) is 11.5 Å². The van der Waals surface area contributed by atoms with Gasteiger partial charge in [0, 0.05) is 10.9 Å². The Kier molecular flexibility index (Phi) is 6.31. The Morgan fingerprint density at radius 2 is 1.69 bits per heavy atom. The number of hydrogen-bond acceptors (Lipinski definition) is 5.